The van der Waals surface area contributed by atoms with Crippen LogP contribution in [0, 0.1) is 10.1 Å². The molecule has 8 heteroatoms. The number of nitrogens with zero attached hydrogens (tertiary/aromatic N) is 3. The summed E-state index contributed by atoms with van der Waals surface area (Å²) in [5, 5.41) is 11.2. The molecule has 1 saturated heterocycles. The number of para-hydroxylation sites is 2. The molecule has 0 spiro atoms. The maximum absolute atomic E-state index is 12.7. The van der Waals surface area contributed by atoms with Gasteiger partial charge in [-0.25, -0.2) is 0 Å². The van der Waals surface area contributed by atoms with Gasteiger partial charge in [0.25, 0.3) is 11.6 Å². The highest BCUT2D eigenvalue weighted by atomic mass is 79.9. The van der Waals surface area contributed by atoms with Crippen molar-refractivity contribution in [3.8, 4) is 5.75 Å². The lowest BCUT2D eigenvalue weighted by Gasteiger charge is -2.36. The van der Waals surface area contributed by atoms with Gasteiger partial charge in [0, 0.05) is 36.7 Å². The number of carbonyl (C=O) groups excluding carboxylic acids is 1. The number of piperazine rings is 1. The van der Waals surface area contributed by atoms with Crippen LogP contribution in [0.15, 0.2) is 53.0 Å². The first-order valence-electron chi connectivity index (χ1n) is 8.65. The summed E-state index contributed by atoms with van der Waals surface area (Å²) in [7, 11) is 0. The predicted octanol–water partition coefficient (Wildman–Crippen LogP) is 3.47. The van der Waals surface area contributed by atoms with E-state index in [0.29, 0.717) is 37.6 Å². The van der Waals surface area contributed by atoms with E-state index in [4.69, 9.17) is 4.74 Å². The van der Waals surface area contributed by atoms with Gasteiger partial charge in [-0.3, -0.25) is 14.9 Å². The van der Waals surface area contributed by atoms with Gasteiger partial charge in [-0.2, -0.15) is 0 Å². The Labute approximate surface area is 165 Å². The van der Waals surface area contributed by atoms with Crippen LogP contribution in [0.2, 0.25) is 0 Å². The van der Waals surface area contributed by atoms with Crippen LogP contribution >= 0.6 is 15.9 Å². The minimum Gasteiger partial charge on any atom is -0.481 e. The second-order valence-corrected chi connectivity index (χ2v) is 7.19. The monoisotopic (exact) mass is 433 g/mol. The lowest BCUT2D eigenvalue weighted by atomic mass is 10.2. The van der Waals surface area contributed by atoms with E-state index >= 15 is 0 Å². The average molecular weight is 434 g/mol. The number of hydrogen-bond acceptors (Lipinski definition) is 5. The second kappa shape index (κ2) is 8.39. The van der Waals surface area contributed by atoms with Crippen LogP contribution in [0.5, 0.6) is 5.75 Å². The Morgan fingerprint density at radius 2 is 1.74 bits per heavy atom. The standard InChI is InChI=1S/C19H20BrN3O4/c1-14(27-16-8-6-15(20)7-9-16)19(24)22-12-10-21(11-13-22)17-4-2-3-5-18(17)23(25)26/h2-9,14H,10-13H2,1H3. The van der Waals surface area contributed by atoms with Crippen LogP contribution in [0.3, 0.4) is 0 Å². The van der Waals surface area contributed by atoms with Crippen molar-refractivity contribution >= 4 is 33.2 Å². The van der Waals surface area contributed by atoms with Crippen LogP contribution in [0.1, 0.15) is 6.92 Å². The molecule has 7 nitrogen and oxygen atoms in total. The van der Waals surface area contributed by atoms with Crippen molar-refractivity contribution in [3.05, 3.63) is 63.1 Å². The van der Waals surface area contributed by atoms with Gasteiger partial charge in [0.1, 0.15) is 11.4 Å². The third-order valence-corrected chi connectivity index (χ3v) is 5.01. The number of ether oxygens (including phenoxy) is 1. The Kier molecular flexibility index (Phi) is 5.95. The SMILES string of the molecule is CC(Oc1ccc(Br)cc1)C(=O)N1CCN(c2ccccc2[N+](=O)[O-])CC1. The van der Waals surface area contributed by atoms with E-state index in [9.17, 15) is 14.9 Å². The zero-order chi connectivity index (χ0) is 19.4. The lowest BCUT2D eigenvalue weighted by molar-refractivity contribution is -0.384. The van der Waals surface area contributed by atoms with Gasteiger partial charge in [-0.15, -0.1) is 0 Å². The maximum Gasteiger partial charge on any atom is 0.292 e. The van der Waals surface area contributed by atoms with Crippen molar-refractivity contribution in [2.75, 3.05) is 31.1 Å². The fraction of sp³-hybridized carbons (Fsp3) is 0.316. The topological polar surface area (TPSA) is 75.9 Å². The van der Waals surface area contributed by atoms with Gasteiger partial charge in [0.2, 0.25) is 0 Å². The van der Waals surface area contributed by atoms with E-state index in [0.717, 1.165) is 4.47 Å². The number of rotatable bonds is 5. The van der Waals surface area contributed by atoms with Crippen LogP contribution in [-0.2, 0) is 4.79 Å². The summed E-state index contributed by atoms with van der Waals surface area (Å²) in [5.41, 5.74) is 0.679. The van der Waals surface area contributed by atoms with E-state index in [2.05, 4.69) is 15.9 Å². The lowest BCUT2D eigenvalue weighted by Crippen LogP contribution is -2.52. The Balaban J connectivity index is 1.59. The first kappa shape index (κ1) is 19.2. The average Bonchev–Trinajstić information content (AvgIpc) is 2.69. The molecule has 2 aromatic carbocycles. The Morgan fingerprint density at radius 3 is 2.37 bits per heavy atom. The minimum absolute atomic E-state index is 0.0832. The molecule has 1 heterocycles. The zero-order valence-electron chi connectivity index (χ0n) is 14.9. The molecule has 1 aliphatic rings. The Morgan fingerprint density at radius 1 is 1.11 bits per heavy atom. The summed E-state index contributed by atoms with van der Waals surface area (Å²) in [5.74, 6) is 0.553. The molecule has 3 rings (SSSR count). The molecule has 142 valence electrons. The van der Waals surface area contributed by atoms with E-state index in [-0.39, 0.29) is 16.5 Å². The van der Waals surface area contributed by atoms with Crippen molar-refractivity contribution in [1.82, 2.24) is 4.90 Å². The number of amides is 1. The highest BCUT2D eigenvalue weighted by molar-refractivity contribution is 9.10. The fourth-order valence-electron chi connectivity index (χ4n) is 3.08. The number of benzene rings is 2. The van der Waals surface area contributed by atoms with Crippen molar-refractivity contribution in [2.24, 2.45) is 0 Å². The van der Waals surface area contributed by atoms with Crippen molar-refractivity contribution in [2.45, 2.75) is 13.0 Å². The number of anilines is 1. The highest BCUT2D eigenvalue weighted by Gasteiger charge is 2.28. The smallest absolute Gasteiger partial charge is 0.292 e. The molecule has 0 radical (unpaired) electrons. The molecule has 0 saturated carbocycles. The van der Waals surface area contributed by atoms with Gasteiger partial charge in [-0.1, -0.05) is 28.1 Å². The third-order valence-electron chi connectivity index (χ3n) is 4.48. The van der Waals surface area contributed by atoms with Crippen molar-refractivity contribution < 1.29 is 14.5 Å². The number of carbonyl (C=O) groups is 1. The van der Waals surface area contributed by atoms with Crippen LogP contribution in [-0.4, -0.2) is 48.0 Å². The molecule has 1 atom stereocenters. The van der Waals surface area contributed by atoms with E-state index < -0.39 is 6.10 Å². The Bertz CT molecular complexity index is 820. The predicted molar refractivity (Wildman–Crippen MR) is 106 cm³/mol. The molecule has 1 unspecified atom stereocenters. The fourth-order valence-corrected chi connectivity index (χ4v) is 3.34. The van der Waals surface area contributed by atoms with Gasteiger partial charge < -0.3 is 14.5 Å². The van der Waals surface area contributed by atoms with Gasteiger partial charge in [0.05, 0.1) is 4.92 Å². The maximum atomic E-state index is 12.7. The largest absolute Gasteiger partial charge is 0.481 e. The molecule has 0 aromatic heterocycles. The third kappa shape index (κ3) is 4.57. The Hall–Kier alpha value is -2.61. The quantitative estimate of drug-likeness (QED) is 0.532. The molecule has 1 aliphatic heterocycles. The van der Waals surface area contributed by atoms with E-state index in [1.807, 2.05) is 17.0 Å². The zero-order valence-corrected chi connectivity index (χ0v) is 16.5. The summed E-state index contributed by atoms with van der Waals surface area (Å²) in [6, 6.07) is 14.0. The highest BCUT2D eigenvalue weighted by Crippen LogP contribution is 2.28. The number of nitro benzene ring substituents is 1. The minimum atomic E-state index is -0.594. The molecule has 1 fully saturated rings. The molecule has 0 aliphatic carbocycles. The molecule has 1 amide bonds. The van der Waals surface area contributed by atoms with Gasteiger partial charge in [-0.05, 0) is 37.3 Å². The number of halogens is 1. The number of nitro groups is 1. The summed E-state index contributed by atoms with van der Waals surface area (Å²) < 4.78 is 6.68. The molecule has 0 bridgehead atoms. The van der Waals surface area contributed by atoms with Crippen LogP contribution < -0.4 is 9.64 Å². The van der Waals surface area contributed by atoms with Gasteiger partial charge >= 0.3 is 0 Å². The number of hydrogen-bond donors (Lipinski definition) is 0. The van der Waals surface area contributed by atoms with Gasteiger partial charge in [0.15, 0.2) is 6.10 Å². The first-order chi connectivity index (χ1) is 13.0. The van der Waals surface area contributed by atoms with Crippen molar-refractivity contribution in [3.63, 3.8) is 0 Å². The van der Waals surface area contributed by atoms with E-state index in [1.54, 1.807) is 42.2 Å². The summed E-state index contributed by atoms with van der Waals surface area (Å²) in [6.07, 6.45) is -0.594. The van der Waals surface area contributed by atoms with E-state index in [1.165, 1.54) is 6.07 Å². The second-order valence-electron chi connectivity index (χ2n) is 6.27. The molecular formula is C19H20BrN3O4. The van der Waals surface area contributed by atoms with Crippen LogP contribution in [0.25, 0.3) is 0 Å². The molecule has 27 heavy (non-hydrogen) atoms. The summed E-state index contributed by atoms with van der Waals surface area (Å²) >= 11 is 3.36. The molecule has 2 aromatic rings. The first-order valence-corrected chi connectivity index (χ1v) is 9.44. The summed E-state index contributed by atoms with van der Waals surface area (Å²) in [4.78, 5) is 27.2. The normalized spacial score (nSPS) is 15.3. The van der Waals surface area contributed by atoms with Crippen molar-refractivity contribution in [1.29, 1.82) is 0 Å². The van der Waals surface area contributed by atoms with Crippen LogP contribution in [0.4, 0.5) is 11.4 Å². The molecular weight excluding hydrogens is 414 g/mol. The summed E-state index contributed by atoms with van der Waals surface area (Å²) in [6.45, 7) is 3.82. The molecule has 0 N–H and O–H groups in total.